The van der Waals surface area contributed by atoms with Crippen molar-refractivity contribution < 1.29 is 13.9 Å². The fourth-order valence-electron chi connectivity index (χ4n) is 2.87. The maximum absolute atomic E-state index is 13.1. The number of carbonyl (C=O) groups is 1. The van der Waals surface area contributed by atoms with E-state index in [0.29, 0.717) is 34.2 Å². The highest BCUT2D eigenvalue weighted by Gasteiger charge is 2.33. The van der Waals surface area contributed by atoms with Gasteiger partial charge in [-0.2, -0.15) is 5.10 Å². The molecular formula is C18H17N3O3S. The Morgan fingerprint density at radius 2 is 2.24 bits per heavy atom. The van der Waals surface area contributed by atoms with E-state index in [1.54, 1.807) is 29.3 Å². The van der Waals surface area contributed by atoms with Gasteiger partial charge in [-0.15, -0.1) is 0 Å². The second-order valence-corrected chi connectivity index (χ2v) is 7.56. The van der Waals surface area contributed by atoms with Gasteiger partial charge in [0.05, 0.1) is 18.3 Å². The van der Waals surface area contributed by atoms with Crippen LogP contribution < -0.4 is 0 Å². The summed E-state index contributed by atoms with van der Waals surface area (Å²) >= 11 is -1.12. The number of aromatic nitrogens is 3. The van der Waals surface area contributed by atoms with Crippen molar-refractivity contribution in [3.8, 4) is 0 Å². The summed E-state index contributed by atoms with van der Waals surface area (Å²) in [6.07, 6.45) is 8.71. The fraction of sp³-hybridized carbons (Fsp3) is 0.278. The Morgan fingerprint density at radius 1 is 1.40 bits per heavy atom. The lowest BCUT2D eigenvalue weighted by Gasteiger charge is -2.12. The first-order chi connectivity index (χ1) is 12.1. The zero-order chi connectivity index (χ0) is 17.4. The Labute approximate surface area is 148 Å². The number of benzene rings is 1. The summed E-state index contributed by atoms with van der Waals surface area (Å²) in [5.74, 6) is 0.871. The Hall–Kier alpha value is -2.38. The van der Waals surface area contributed by atoms with Gasteiger partial charge >= 0.3 is 0 Å². The minimum atomic E-state index is -1.12. The summed E-state index contributed by atoms with van der Waals surface area (Å²) in [5.41, 5.74) is 1.87. The van der Waals surface area contributed by atoms with E-state index in [1.165, 1.54) is 6.20 Å². The number of rotatable bonds is 6. The summed E-state index contributed by atoms with van der Waals surface area (Å²) < 4.78 is 18.9. The van der Waals surface area contributed by atoms with E-state index >= 15 is 0 Å². The van der Waals surface area contributed by atoms with E-state index in [4.69, 9.17) is 4.52 Å². The third-order valence-electron chi connectivity index (χ3n) is 4.34. The van der Waals surface area contributed by atoms with Crippen LogP contribution in [0.5, 0.6) is 0 Å². The highest BCUT2D eigenvalue weighted by Crippen LogP contribution is 2.42. The van der Waals surface area contributed by atoms with E-state index in [1.807, 2.05) is 18.3 Å². The first-order valence-electron chi connectivity index (χ1n) is 8.06. The average Bonchev–Trinajstić information content (AvgIpc) is 3.10. The van der Waals surface area contributed by atoms with E-state index in [-0.39, 0.29) is 5.78 Å². The van der Waals surface area contributed by atoms with Crippen LogP contribution in [0.1, 0.15) is 46.0 Å². The van der Waals surface area contributed by atoms with Crippen molar-refractivity contribution >= 4 is 17.0 Å². The zero-order valence-corrected chi connectivity index (χ0v) is 14.5. The average molecular weight is 355 g/mol. The number of ketones is 1. The SMILES string of the molecule is C[S+]([O-])c1ccc(C(=O)c2cnoc2C2CC2)c(Cn2cccn2)c1. The van der Waals surface area contributed by atoms with Crippen LogP contribution in [0.4, 0.5) is 0 Å². The Morgan fingerprint density at radius 3 is 2.92 bits per heavy atom. The van der Waals surface area contributed by atoms with Gasteiger partial charge in [0.1, 0.15) is 6.26 Å². The van der Waals surface area contributed by atoms with Gasteiger partial charge < -0.3 is 9.08 Å². The Bertz CT molecular complexity index is 898. The van der Waals surface area contributed by atoms with Crippen LogP contribution >= 0.6 is 0 Å². The molecule has 0 aliphatic heterocycles. The molecule has 1 aliphatic rings. The lowest BCUT2D eigenvalue weighted by atomic mass is 9.98. The molecule has 7 heteroatoms. The molecule has 128 valence electrons. The van der Waals surface area contributed by atoms with Crippen LogP contribution in [-0.4, -0.2) is 31.5 Å². The third-order valence-corrected chi connectivity index (χ3v) is 5.25. The molecule has 1 aromatic carbocycles. The topological polar surface area (TPSA) is 84.0 Å². The Kier molecular flexibility index (Phi) is 4.19. The molecule has 2 heterocycles. The van der Waals surface area contributed by atoms with Crippen LogP contribution in [-0.2, 0) is 17.7 Å². The fourth-order valence-corrected chi connectivity index (χ4v) is 3.44. The van der Waals surface area contributed by atoms with Crippen molar-refractivity contribution in [1.29, 1.82) is 0 Å². The van der Waals surface area contributed by atoms with Crippen molar-refractivity contribution in [1.82, 2.24) is 14.9 Å². The molecular weight excluding hydrogens is 338 g/mol. The molecule has 0 saturated heterocycles. The van der Waals surface area contributed by atoms with Crippen molar-refractivity contribution in [2.75, 3.05) is 6.26 Å². The van der Waals surface area contributed by atoms with E-state index in [0.717, 1.165) is 18.4 Å². The van der Waals surface area contributed by atoms with Crippen molar-refractivity contribution in [2.24, 2.45) is 0 Å². The van der Waals surface area contributed by atoms with Crippen LogP contribution in [0, 0.1) is 0 Å². The van der Waals surface area contributed by atoms with Crippen LogP contribution in [0.15, 0.2) is 52.3 Å². The molecule has 1 fully saturated rings. The summed E-state index contributed by atoms with van der Waals surface area (Å²) in [6.45, 7) is 0.434. The van der Waals surface area contributed by atoms with Gasteiger partial charge in [-0.1, -0.05) is 5.16 Å². The number of nitrogens with zero attached hydrogens (tertiary/aromatic N) is 3. The summed E-state index contributed by atoms with van der Waals surface area (Å²) in [6, 6.07) is 7.12. The highest BCUT2D eigenvalue weighted by molar-refractivity contribution is 7.90. The molecule has 4 rings (SSSR count). The molecule has 0 N–H and O–H groups in total. The minimum absolute atomic E-state index is 0.112. The van der Waals surface area contributed by atoms with Gasteiger partial charge in [0.15, 0.2) is 16.4 Å². The molecule has 2 aromatic heterocycles. The normalized spacial score (nSPS) is 15.3. The summed E-state index contributed by atoms with van der Waals surface area (Å²) in [5, 5.41) is 8.02. The minimum Gasteiger partial charge on any atom is -0.612 e. The second-order valence-electron chi connectivity index (χ2n) is 6.18. The molecule has 25 heavy (non-hydrogen) atoms. The standard InChI is InChI=1S/C18H17N3O3S/c1-25(23)14-5-6-15(13(9-14)11-21-8-2-7-19-21)17(22)16-10-20-24-18(16)12-3-4-12/h2,5-10,12H,3-4,11H2,1H3. The molecule has 3 aromatic rings. The molecule has 1 aliphatic carbocycles. The zero-order valence-electron chi connectivity index (χ0n) is 13.7. The first-order valence-corrected chi connectivity index (χ1v) is 9.62. The molecule has 0 spiro atoms. The van der Waals surface area contributed by atoms with Crippen LogP contribution in [0.25, 0.3) is 0 Å². The number of hydrogen-bond donors (Lipinski definition) is 0. The summed E-state index contributed by atoms with van der Waals surface area (Å²) in [4.78, 5) is 13.8. The van der Waals surface area contributed by atoms with Gasteiger partial charge in [-0.25, -0.2) is 0 Å². The maximum Gasteiger partial charge on any atom is 0.198 e. The lowest BCUT2D eigenvalue weighted by molar-refractivity contribution is 0.103. The number of hydrogen-bond acceptors (Lipinski definition) is 5. The second kappa shape index (κ2) is 6.50. The third kappa shape index (κ3) is 3.25. The monoisotopic (exact) mass is 355 g/mol. The summed E-state index contributed by atoms with van der Waals surface area (Å²) in [7, 11) is 0. The van der Waals surface area contributed by atoms with Gasteiger partial charge in [0, 0.05) is 23.9 Å². The van der Waals surface area contributed by atoms with Gasteiger partial charge in [0.2, 0.25) is 0 Å². The van der Waals surface area contributed by atoms with E-state index < -0.39 is 11.2 Å². The van der Waals surface area contributed by atoms with E-state index in [2.05, 4.69) is 10.3 Å². The molecule has 1 atom stereocenters. The Balaban J connectivity index is 1.74. The van der Waals surface area contributed by atoms with Gasteiger partial charge in [-0.05, 0) is 53.8 Å². The first kappa shape index (κ1) is 16.1. The van der Waals surface area contributed by atoms with Crippen molar-refractivity contribution in [2.45, 2.75) is 30.2 Å². The van der Waals surface area contributed by atoms with Crippen LogP contribution in [0.2, 0.25) is 0 Å². The number of carbonyl (C=O) groups excluding carboxylic acids is 1. The molecule has 1 unspecified atom stereocenters. The van der Waals surface area contributed by atoms with Crippen molar-refractivity contribution in [3.63, 3.8) is 0 Å². The van der Waals surface area contributed by atoms with Gasteiger partial charge in [-0.3, -0.25) is 9.48 Å². The quantitative estimate of drug-likeness (QED) is 0.501. The van der Waals surface area contributed by atoms with Crippen LogP contribution in [0.3, 0.4) is 0 Å². The lowest BCUT2D eigenvalue weighted by Crippen LogP contribution is -2.11. The molecule has 1 saturated carbocycles. The molecule has 0 bridgehead atoms. The highest BCUT2D eigenvalue weighted by atomic mass is 32.2. The molecule has 6 nitrogen and oxygen atoms in total. The van der Waals surface area contributed by atoms with Crippen molar-refractivity contribution in [3.05, 3.63) is 65.3 Å². The predicted octanol–water partition coefficient (Wildman–Crippen LogP) is 2.77. The predicted molar refractivity (Wildman–Crippen MR) is 92.0 cm³/mol. The molecule has 0 amide bonds. The largest absolute Gasteiger partial charge is 0.612 e. The van der Waals surface area contributed by atoms with E-state index in [9.17, 15) is 9.35 Å². The smallest absolute Gasteiger partial charge is 0.198 e. The maximum atomic E-state index is 13.1. The van der Waals surface area contributed by atoms with Gasteiger partial charge in [0.25, 0.3) is 0 Å². The molecule has 0 radical (unpaired) electrons.